The Labute approximate surface area is 191 Å². The molecule has 0 unspecified atom stereocenters. The van der Waals surface area contributed by atoms with Gasteiger partial charge in [0.2, 0.25) is 0 Å². The summed E-state index contributed by atoms with van der Waals surface area (Å²) in [5.41, 5.74) is 3.16. The van der Waals surface area contributed by atoms with Gasteiger partial charge in [-0.25, -0.2) is 4.39 Å². The molecule has 3 fully saturated rings. The van der Waals surface area contributed by atoms with E-state index in [4.69, 9.17) is 4.74 Å². The molecule has 1 atom stereocenters. The molecule has 5 nitrogen and oxygen atoms in total. The number of rotatable bonds is 8. The highest BCUT2D eigenvalue weighted by atomic mass is 19.1. The Bertz CT molecular complexity index is 834. The second kappa shape index (κ2) is 10.4. The van der Waals surface area contributed by atoms with Crippen LogP contribution in [-0.4, -0.2) is 64.9 Å². The molecular weight excluding hydrogens is 403 g/mol. The minimum Gasteiger partial charge on any atom is -0.377 e. The SMILES string of the molecule is Fc1ccc(-c2[nH]ncc2CN(CC2CCN(C3CCCC3)CC2)C[C@H]2CCCO2)cc1. The molecule has 1 aliphatic carbocycles. The van der Waals surface area contributed by atoms with Gasteiger partial charge in [-0.05, 0) is 81.8 Å². The average molecular weight is 441 g/mol. The molecule has 0 radical (unpaired) electrons. The van der Waals surface area contributed by atoms with Crippen molar-refractivity contribution in [3.63, 3.8) is 0 Å². The molecule has 3 heterocycles. The van der Waals surface area contributed by atoms with Gasteiger partial charge in [-0.2, -0.15) is 5.10 Å². The van der Waals surface area contributed by atoms with Crippen LogP contribution in [0.2, 0.25) is 0 Å². The molecule has 1 saturated carbocycles. The van der Waals surface area contributed by atoms with Crippen molar-refractivity contribution in [2.24, 2.45) is 5.92 Å². The second-order valence-corrected chi connectivity index (χ2v) is 10.0. The van der Waals surface area contributed by atoms with E-state index in [-0.39, 0.29) is 5.82 Å². The van der Waals surface area contributed by atoms with Gasteiger partial charge in [0.1, 0.15) is 5.82 Å². The van der Waals surface area contributed by atoms with E-state index in [0.29, 0.717) is 6.10 Å². The molecule has 2 saturated heterocycles. The van der Waals surface area contributed by atoms with Crippen LogP contribution in [0.5, 0.6) is 0 Å². The zero-order valence-electron chi connectivity index (χ0n) is 19.1. The quantitative estimate of drug-likeness (QED) is 0.637. The van der Waals surface area contributed by atoms with Crippen LogP contribution in [0.25, 0.3) is 11.3 Å². The molecule has 0 bridgehead atoms. The summed E-state index contributed by atoms with van der Waals surface area (Å²) < 4.78 is 19.4. The number of aromatic nitrogens is 2. The first-order valence-corrected chi connectivity index (χ1v) is 12.6. The van der Waals surface area contributed by atoms with Crippen molar-refractivity contribution in [2.75, 3.05) is 32.8 Å². The van der Waals surface area contributed by atoms with E-state index in [1.54, 1.807) is 0 Å². The molecular formula is C26H37FN4O. The number of likely N-dealkylation sites (tertiary alicyclic amines) is 1. The summed E-state index contributed by atoms with van der Waals surface area (Å²) in [7, 11) is 0. The van der Waals surface area contributed by atoms with Crippen LogP contribution in [-0.2, 0) is 11.3 Å². The van der Waals surface area contributed by atoms with Crippen molar-refractivity contribution in [3.8, 4) is 11.3 Å². The highest BCUT2D eigenvalue weighted by Crippen LogP contribution is 2.29. The Morgan fingerprint density at radius 3 is 2.50 bits per heavy atom. The molecule has 1 aromatic heterocycles. The highest BCUT2D eigenvalue weighted by Gasteiger charge is 2.29. The maximum atomic E-state index is 13.4. The Morgan fingerprint density at radius 2 is 1.78 bits per heavy atom. The van der Waals surface area contributed by atoms with E-state index < -0.39 is 0 Å². The van der Waals surface area contributed by atoms with E-state index in [9.17, 15) is 4.39 Å². The predicted octanol–water partition coefficient (Wildman–Crippen LogP) is 4.85. The van der Waals surface area contributed by atoms with Gasteiger partial charge in [-0.1, -0.05) is 12.8 Å². The molecule has 32 heavy (non-hydrogen) atoms. The molecule has 0 amide bonds. The van der Waals surface area contributed by atoms with Crippen molar-refractivity contribution in [1.82, 2.24) is 20.0 Å². The van der Waals surface area contributed by atoms with Gasteiger partial charge in [0.15, 0.2) is 0 Å². The highest BCUT2D eigenvalue weighted by molar-refractivity contribution is 5.62. The number of nitrogens with one attached hydrogen (secondary N) is 1. The lowest BCUT2D eigenvalue weighted by atomic mass is 9.94. The Hall–Kier alpha value is -1.76. The van der Waals surface area contributed by atoms with Crippen molar-refractivity contribution in [1.29, 1.82) is 0 Å². The lowest BCUT2D eigenvalue weighted by Gasteiger charge is -2.38. The Morgan fingerprint density at radius 1 is 1.00 bits per heavy atom. The molecule has 3 aliphatic rings. The fourth-order valence-corrected chi connectivity index (χ4v) is 5.95. The first kappa shape index (κ1) is 22.1. The molecule has 0 spiro atoms. The summed E-state index contributed by atoms with van der Waals surface area (Å²) in [5, 5.41) is 7.47. The van der Waals surface area contributed by atoms with Crippen molar-refractivity contribution in [2.45, 2.75) is 70.1 Å². The summed E-state index contributed by atoms with van der Waals surface area (Å²) in [6.07, 6.45) is 12.9. The normalized spacial score (nSPS) is 23.5. The minimum absolute atomic E-state index is 0.209. The largest absolute Gasteiger partial charge is 0.377 e. The van der Waals surface area contributed by atoms with Gasteiger partial charge >= 0.3 is 0 Å². The second-order valence-electron chi connectivity index (χ2n) is 10.0. The monoisotopic (exact) mass is 440 g/mol. The average Bonchev–Trinajstić information content (AvgIpc) is 3.58. The van der Waals surface area contributed by atoms with Crippen LogP contribution < -0.4 is 0 Å². The third kappa shape index (κ3) is 5.41. The summed E-state index contributed by atoms with van der Waals surface area (Å²) in [6.45, 7) is 6.37. The number of nitrogens with zero attached hydrogens (tertiary/aromatic N) is 3. The summed E-state index contributed by atoms with van der Waals surface area (Å²) >= 11 is 0. The number of H-pyrrole nitrogens is 1. The van der Waals surface area contributed by atoms with Crippen molar-refractivity contribution in [3.05, 3.63) is 41.8 Å². The number of halogens is 1. The van der Waals surface area contributed by atoms with Crippen LogP contribution in [0, 0.1) is 11.7 Å². The number of hydrogen-bond acceptors (Lipinski definition) is 4. The maximum absolute atomic E-state index is 13.4. The van der Waals surface area contributed by atoms with E-state index in [0.717, 1.165) is 55.9 Å². The number of aromatic amines is 1. The summed E-state index contributed by atoms with van der Waals surface area (Å²) in [5.74, 6) is 0.536. The lowest BCUT2D eigenvalue weighted by Crippen LogP contribution is -2.43. The van der Waals surface area contributed by atoms with Gasteiger partial charge < -0.3 is 9.64 Å². The minimum atomic E-state index is -0.209. The summed E-state index contributed by atoms with van der Waals surface area (Å²) in [4.78, 5) is 5.35. The van der Waals surface area contributed by atoms with Crippen LogP contribution in [0.3, 0.4) is 0 Å². The lowest BCUT2D eigenvalue weighted by molar-refractivity contribution is 0.0540. The molecule has 5 rings (SSSR count). The van der Waals surface area contributed by atoms with Crippen LogP contribution in [0.4, 0.5) is 4.39 Å². The zero-order chi connectivity index (χ0) is 21.8. The Kier molecular flexibility index (Phi) is 7.20. The third-order valence-corrected chi connectivity index (χ3v) is 7.74. The smallest absolute Gasteiger partial charge is 0.123 e. The van der Waals surface area contributed by atoms with E-state index in [2.05, 4.69) is 20.0 Å². The molecule has 1 N–H and O–H groups in total. The van der Waals surface area contributed by atoms with Crippen LogP contribution in [0.1, 0.15) is 56.9 Å². The number of hydrogen-bond donors (Lipinski definition) is 1. The van der Waals surface area contributed by atoms with Gasteiger partial charge in [0, 0.05) is 43.4 Å². The first-order valence-electron chi connectivity index (χ1n) is 12.6. The van der Waals surface area contributed by atoms with Gasteiger partial charge in [0.05, 0.1) is 18.0 Å². The first-order chi connectivity index (χ1) is 15.7. The van der Waals surface area contributed by atoms with Crippen LogP contribution in [0.15, 0.2) is 30.5 Å². The van der Waals surface area contributed by atoms with Crippen molar-refractivity contribution < 1.29 is 9.13 Å². The predicted molar refractivity (Wildman–Crippen MR) is 125 cm³/mol. The van der Waals surface area contributed by atoms with Gasteiger partial charge in [0.25, 0.3) is 0 Å². The molecule has 2 aromatic rings. The molecule has 6 heteroatoms. The molecule has 2 aliphatic heterocycles. The summed E-state index contributed by atoms with van der Waals surface area (Å²) in [6, 6.07) is 7.54. The van der Waals surface area contributed by atoms with Crippen LogP contribution >= 0.6 is 0 Å². The number of ether oxygens (including phenoxy) is 1. The van der Waals surface area contributed by atoms with Gasteiger partial charge in [-0.15, -0.1) is 0 Å². The molecule has 174 valence electrons. The number of benzene rings is 1. The Balaban J connectivity index is 1.24. The van der Waals surface area contributed by atoms with E-state index in [1.165, 1.54) is 75.7 Å². The topological polar surface area (TPSA) is 44.4 Å². The fraction of sp³-hybridized carbons (Fsp3) is 0.654. The third-order valence-electron chi connectivity index (χ3n) is 7.74. The zero-order valence-corrected chi connectivity index (χ0v) is 19.1. The standard InChI is InChI=1S/C26H37FN4O/c27-23-9-7-21(8-10-23)26-22(16-28-29-26)18-30(19-25-6-3-15-32-25)17-20-11-13-31(14-12-20)24-4-1-2-5-24/h7-10,16,20,24-25H,1-6,11-15,17-19H2,(H,28,29)/t25-/m1/s1. The maximum Gasteiger partial charge on any atom is 0.123 e. The molecule has 1 aromatic carbocycles. The van der Waals surface area contributed by atoms with Crippen molar-refractivity contribution >= 4 is 0 Å². The number of piperidine rings is 1. The van der Waals surface area contributed by atoms with E-state index >= 15 is 0 Å². The van der Waals surface area contributed by atoms with Gasteiger partial charge in [-0.3, -0.25) is 10.00 Å². The fourth-order valence-electron chi connectivity index (χ4n) is 5.95. The van der Waals surface area contributed by atoms with E-state index in [1.807, 2.05) is 18.3 Å².